The highest BCUT2D eigenvalue weighted by atomic mass is 28.3. The normalized spacial score (nSPS) is 12.9. The number of aliphatic hydroxyl groups excluding tert-OH is 1. The van der Waals surface area contributed by atoms with Gasteiger partial charge < -0.3 is 14.3 Å². The molecule has 0 amide bonds. The summed E-state index contributed by atoms with van der Waals surface area (Å²) in [7, 11) is 0.485. The van der Waals surface area contributed by atoms with Gasteiger partial charge >= 0.3 is 0 Å². The third-order valence-electron chi connectivity index (χ3n) is 2.70. The molecule has 0 spiro atoms. The molecule has 1 unspecified atom stereocenters. The van der Waals surface area contributed by atoms with Crippen LogP contribution in [0.5, 0.6) is 0 Å². The van der Waals surface area contributed by atoms with E-state index < -0.39 is 14.8 Å². The Kier molecular flexibility index (Phi) is 7.92. The third-order valence-corrected chi connectivity index (χ3v) is 5.21. The number of rotatable bonds is 9. The van der Waals surface area contributed by atoms with Crippen LogP contribution in [-0.4, -0.2) is 34.5 Å². The van der Waals surface area contributed by atoms with Gasteiger partial charge in [-0.3, -0.25) is 0 Å². The van der Waals surface area contributed by atoms with E-state index in [4.69, 9.17) is 9.16 Å². The van der Waals surface area contributed by atoms with Gasteiger partial charge in [-0.25, -0.2) is 0 Å². The molecular formula is C14H23O3Si. The van der Waals surface area contributed by atoms with Crippen LogP contribution in [0.1, 0.15) is 31.1 Å². The highest BCUT2D eigenvalue weighted by molar-refractivity contribution is 6.53. The first-order valence-corrected chi connectivity index (χ1v) is 8.19. The van der Waals surface area contributed by atoms with Crippen LogP contribution < -0.4 is 0 Å². The van der Waals surface area contributed by atoms with Gasteiger partial charge in [-0.05, 0) is 18.0 Å². The van der Waals surface area contributed by atoms with Crippen molar-refractivity contribution in [2.24, 2.45) is 0 Å². The van der Waals surface area contributed by atoms with Crippen molar-refractivity contribution in [3.63, 3.8) is 0 Å². The number of aliphatic hydroxyl groups is 1. The molecule has 1 aromatic rings. The lowest BCUT2D eigenvalue weighted by atomic mass is 10.2. The summed E-state index contributed by atoms with van der Waals surface area (Å²) in [5.41, 5.74) is 0.519. The average molecular weight is 267 g/mol. The minimum absolute atomic E-state index is 0.446. The molecule has 0 saturated heterocycles. The number of ether oxygens (including phenoxy) is 1. The summed E-state index contributed by atoms with van der Waals surface area (Å²) >= 11 is 0. The zero-order chi connectivity index (χ0) is 13.2. The molecule has 0 bridgehead atoms. The zero-order valence-corrected chi connectivity index (χ0v) is 12.3. The van der Waals surface area contributed by atoms with Crippen LogP contribution in [0.3, 0.4) is 0 Å². The van der Waals surface area contributed by atoms with E-state index >= 15 is 0 Å². The minimum Gasteiger partial charge on any atom is -0.413 e. The standard InChI is InChI=1S/C14H23O3Si/c1-3-12-18(17-11-7-10-16-2)14(15)13-8-5-4-6-9-13/h4-6,8-9,14-15H,3,7,10-12H2,1-2H3. The Balaban J connectivity index is 2.49. The second-order valence-corrected chi connectivity index (χ2v) is 6.49. The summed E-state index contributed by atoms with van der Waals surface area (Å²) in [6, 6.07) is 10.8. The van der Waals surface area contributed by atoms with Crippen molar-refractivity contribution < 1.29 is 14.3 Å². The van der Waals surface area contributed by atoms with E-state index in [-0.39, 0.29) is 0 Å². The van der Waals surface area contributed by atoms with Gasteiger partial charge in [0.2, 0.25) is 9.04 Å². The minimum atomic E-state index is -1.21. The second kappa shape index (κ2) is 9.27. The fourth-order valence-corrected chi connectivity index (χ4v) is 3.80. The van der Waals surface area contributed by atoms with Crippen molar-refractivity contribution in [1.82, 2.24) is 0 Å². The van der Waals surface area contributed by atoms with Crippen molar-refractivity contribution in [2.75, 3.05) is 20.3 Å². The van der Waals surface area contributed by atoms with E-state index in [1.54, 1.807) is 7.11 Å². The van der Waals surface area contributed by atoms with Gasteiger partial charge in [0.15, 0.2) is 0 Å². The molecule has 0 aliphatic rings. The van der Waals surface area contributed by atoms with Gasteiger partial charge in [-0.2, -0.15) is 0 Å². The van der Waals surface area contributed by atoms with Gasteiger partial charge in [0.25, 0.3) is 0 Å². The Morgan fingerprint density at radius 1 is 1.22 bits per heavy atom. The molecule has 4 heteroatoms. The van der Waals surface area contributed by atoms with E-state index in [1.807, 2.05) is 30.3 Å². The van der Waals surface area contributed by atoms with E-state index in [9.17, 15) is 5.11 Å². The molecular weight excluding hydrogens is 244 g/mol. The van der Waals surface area contributed by atoms with Crippen LogP contribution in [0, 0.1) is 0 Å². The predicted molar refractivity (Wildman–Crippen MR) is 74.7 cm³/mol. The largest absolute Gasteiger partial charge is 0.413 e. The monoisotopic (exact) mass is 267 g/mol. The molecule has 1 atom stereocenters. The number of benzene rings is 1. The topological polar surface area (TPSA) is 38.7 Å². The number of hydrogen-bond acceptors (Lipinski definition) is 3. The molecule has 0 saturated carbocycles. The van der Waals surface area contributed by atoms with Crippen LogP contribution in [-0.2, 0) is 9.16 Å². The first-order chi connectivity index (χ1) is 8.79. The molecule has 0 aliphatic heterocycles. The van der Waals surface area contributed by atoms with Gasteiger partial charge in [0.05, 0.1) is 5.73 Å². The maximum Gasteiger partial charge on any atom is 0.246 e. The lowest BCUT2D eigenvalue weighted by Crippen LogP contribution is -2.28. The van der Waals surface area contributed by atoms with Crippen LogP contribution >= 0.6 is 0 Å². The lowest BCUT2D eigenvalue weighted by Gasteiger charge is -2.20. The molecule has 1 radical (unpaired) electrons. The fourth-order valence-electron chi connectivity index (χ4n) is 1.76. The van der Waals surface area contributed by atoms with Crippen LogP contribution in [0.2, 0.25) is 6.04 Å². The Hall–Kier alpha value is -0.683. The van der Waals surface area contributed by atoms with Gasteiger partial charge in [0, 0.05) is 20.3 Å². The lowest BCUT2D eigenvalue weighted by molar-refractivity contribution is 0.160. The Morgan fingerprint density at radius 2 is 1.94 bits per heavy atom. The van der Waals surface area contributed by atoms with Crippen molar-refractivity contribution >= 4 is 9.04 Å². The predicted octanol–water partition coefficient (Wildman–Crippen LogP) is 2.71. The van der Waals surface area contributed by atoms with Crippen molar-refractivity contribution in [1.29, 1.82) is 0 Å². The highest BCUT2D eigenvalue weighted by Crippen LogP contribution is 2.20. The van der Waals surface area contributed by atoms with Gasteiger partial charge in [-0.15, -0.1) is 0 Å². The Labute approximate surface area is 111 Å². The molecule has 1 aromatic carbocycles. The van der Waals surface area contributed by atoms with Gasteiger partial charge in [-0.1, -0.05) is 43.7 Å². The molecule has 0 aromatic heterocycles. The summed E-state index contributed by atoms with van der Waals surface area (Å²) < 4.78 is 10.9. The summed E-state index contributed by atoms with van der Waals surface area (Å²) in [5, 5.41) is 10.4. The van der Waals surface area contributed by atoms with E-state index in [2.05, 4.69) is 6.92 Å². The molecule has 0 aliphatic carbocycles. The second-order valence-electron chi connectivity index (χ2n) is 4.22. The maximum atomic E-state index is 10.4. The van der Waals surface area contributed by atoms with Crippen molar-refractivity contribution in [3.05, 3.63) is 35.9 Å². The van der Waals surface area contributed by atoms with Crippen LogP contribution in [0.4, 0.5) is 0 Å². The Morgan fingerprint density at radius 3 is 2.56 bits per heavy atom. The maximum absolute atomic E-state index is 10.4. The summed E-state index contributed by atoms with van der Waals surface area (Å²) in [6.45, 7) is 3.51. The van der Waals surface area contributed by atoms with Crippen molar-refractivity contribution in [2.45, 2.75) is 31.5 Å². The van der Waals surface area contributed by atoms with Crippen LogP contribution in [0.25, 0.3) is 0 Å². The quantitative estimate of drug-likeness (QED) is 0.552. The van der Waals surface area contributed by atoms with E-state index in [1.165, 1.54) is 0 Å². The SMILES string of the molecule is CCC[Si](OCCCOC)C(O)c1ccccc1. The molecule has 0 heterocycles. The van der Waals surface area contributed by atoms with Gasteiger partial charge in [0.1, 0.15) is 0 Å². The van der Waals surface area contributed by atoms with Crippen LogP contribution in [0.15, 0.2) is 30.3 Å². The van der Waals surface area contributed by atoms with E-state index in [0.717, 1.165) is 24.4 Å². The zero-order valence-electron chi connectivity index (χ0n) is 11.3. The number of methoxy groups -OCH3 is 1. The van der Waals surface area contributed by atoms with Crippen molar-refractivity contribution in [3.8, 4) is 0 Å². The molecule has 0 fully saturated rings. The molecule has 3 nitrogen and oxygen atoms in total. The summed E-state index contributed by atoms with van der Waals surface area (Å²) in [6.07, 6.45) is 1.93. The Bertz CT molecular complexity index is 305. The fraction of sp³-hybridized carbons (Fsp3) is 0.571. The summed E-state index contributed by atoms with van der Waals surface area (Å²) in [5.74, 6) is 0. The molecule has 18 heavy (non-hydrogen) atoms. The highest BCUT2D eigenvalue weighted by Gasteiger charge is 2.24. The molecule has 101 valence electrons. The summed E-state index contributed by atoms with van der Waals surface area (Å²) in [4.78, 5) is 0. The smallest absolute Gasteiger partial charge is 0.246 e. The number of hydrogen-bond donors (Lipinski definition) is 1. The van der Waals surface area contributed by atoms with E-state index in [0.29, 0.717) is 13.2 Å². The first kappa shape index (κ1) is 15.4. The first-order valence-electron chi connectivity index (χ1n) is 6.50. The molecule has 1 N–H and O–H groups in total. The third kappa shape index (κ3) is 5.31. The molecule has 1 rings (SSSR count). The average Bonchev–Trinajstić information content (AvgIpc) is 2.42.